The van der Waals surface area contributed by atoms with Crippen molar-refractivity contribution in [2.45, 2.75) is 39.2 Å². The molecule has 0 aliphatic carbocycles. The first-order valence-electron chi connectivity index (χ1n) is 7.63. The van der Waals surface area contributed by atoms with Crippen LogP contribution in [0.15, 0.2) is 0 Å². The Balaban J connectivity index is 2.65. The summed E-state index contributed by atoms with van der Waals surface area (Å²) in [5.41, 5.74) is 0.365. The number of rotatable bonds is 9. The Bertz CT molecular complexity index is 225. The minimum absolute atomic E-state index is 0.365. The maximum atomic E-state index is 5.55. The fraction of sp³-hybridized carbons (Fsp3) is 1.00. The average molecular weight is 272 g/mol. The van der Waals surface area contributed by atoms with Crippen LogP contribution in [0.5, 0.6) is 0 Å². The quantitative estimate of drug-likeness (QED) is 0.693. The van der Waals surface area contributed by atoms with E-state index in [-0.39, 0.29) is 0 Å². The van der Waals surface area contributed by atoms with Crippen molar-refractivity contribution in [1.82, 2.24) is 10.2 Å². The molecule has 0 saturated carbocycles. The molecule has 1 aliphatic heterocycles. The van der Waals surface area contributed by atoms with E-state index in [2.05, 4.69) is 31.1 Å². The molecule has 0 aromatic heterocycles. The summed E-state index contributed by atoms with van der Waals surface area (Å²) in [5.74, 6) is 0. The highest BCUT2D eigenvalue weighted by molar-refractivity contribution is 4.88. The molecule has 19 heavy (non-hydrogen) atoms. The van der Waals surface area contributed by atoms with Gasteiger partial charge in [0.15, 0.2) is 0 Å². The van der Waals surface area contributed by atoms with E-state index >= 15 is 0 Å². The van der Waals surface area contributed by atoms with E-state index in [0.29, 0.717) is 11.5 Å². The van der Waals surface area contributed by atoms with Crippen molar-refractivity contribution in [1.29, 1.82) is 0 Å². The largest absolute Gasteiger partial charge is 0.383 e. The summed E-state index contributed by atoms with van der Waals surface area (Å²) < 4.78 is 10.8. The number of hydrogen-bond donors (Lipinski definition) is 1. The van der Waals surface area contributed by atoms with Crippen molar-refractivity contribution in [3.63, 3.8) is 0 Å². The lowest BCUT2D eigenvalue weighted by molar-refractivity contribution is -0.0143. The molecule has 4 heteroatoms. The van der Waals surface area contributed by atoms with Gasteiger partial charge in [-0.3, -0.25) is 4.90 Å². The highest BCUT2D eigenvalue weighted by Crippen LogP contribution is 2.31. The molecule has 1 aliphatic rings. The van der Waals surface area contributed by atoms with Crippen molar-refractivity contribution in [3.8, 4) is 0 Å². The lowest BCUT2D eigenvalue weighted by Gasteiger charge is -2.43. The van der Waals surface area contributed by atoms with Crippen LogP contribution in [0.2, 0.25) is 0 Å². The molecule has 0 bridgehead atoms. The van der Waals surface area contributed by atoms with Crippen LogP contribution in [0.1, 0.15) is 33.1 Å². The molecule has 1 atom stereocenters. The topological polar surface area (TPSA) is 33.7 Å². The molecule has 0 amide bonds. The molecule has 0 aromatic rings. The molecule has 1 saturated heterocycles. The van der Waals surface area contributed by atoms with Crippen LogP contribution in [-0.2, 0) is 9.47 Å². The molecule has 1 fully saturated rings. The molecule has 1 N–H and O–H groups in total. The van der Waals surface area contributed by atoms with E-state index in [9.17, 15) is 0 Å². The summed E-state index contributed by atoms with van der Waals surface area (Å²) in [5, 5.41) is 3.38. The van der Waals surface area contributed by atoms with Gasteiger partial charge in [0.25, 0.3) is 0 Å². The highest BCUT2D eigenvalue weighted by Gasteiger charge is 2.34. The van der Waals surface area contributed by atoms with Gasteiger partial charge in [-0.1, -0.05) is 6.92 Å². The van der Waals surface area contributed by atoms with Crippen LogP contribution >= 0.6 is 0 Å². The van der Waals surface area contributed by atoms with Crippen LogP contribution in [0.3, 0.4) is 0 Å². The maximum Gasteiger partial charge on any atom is 0.0589 e. The summed E-state index contributed by atoms with van der Waals surface area (Å²) in [6, 6.07) is 0.617. The summed E-state index contributed by atoms with van der Waals surface area (Å²) in [6.45, 7) is 10.5. The third kappa shape index (κ3) is 5.38. The fourth-order valence-electron chi connectivity index (χ4n) is 2.92. The summed E-state index contributed by atoms with van der Waals surface area (Å²) in [7, 11) is 3.84. The number of methoxy groups -OCH3 is 1. The Labute approximate surface area is 118 Å². The minimum Gasteiger partial charge on any atom is -0.383 e. The van der Waals surface area contributed by atoms with Gasteiger partial charge in [0.1, 0.15) is 0 Å². The van der Waals surface area contributed by atoms with E-state index in [1.807, 2.05) is 0 Å². The van der Waals surface area contributed by atoms with Gasteiger partial charge in [0.2, 0.25) is 0 Å². The summed E-state index contributed by atoms with van der Waals surface area (Å²) >= 11 is 0. The summed E-state index contributed by atoms with van der Waals surface area (Å²) in [4.78, 5) is 2.59. The molecule has 1 rings (SSSR count). The van der Waals surface area contributed by atoms with Gasteiger partial charge in [0.05, 0.1) is 6.61 Å². The fourth-order valence-corrected chi connectivity index (χ4v) is 2.92. The minimum atomic E-state index is 0.365. The second-order valence-corrected chi connectivity index (χ2v) is 5.86. The van der Waals surface area contributed by atoms with Crippen molar-refractivity contribution < 1.29 is 9.47 Å². The lowest BCUT2D eigenvalue weighted by atomic mass is 9.79. The number of nitrogens with one attached hydrogen (secondary N) is 1. The van der Waals surface area contributed by atoms with Crippen LogP contribution in [-0.4, -0.2) is 64.6 Å². The molecule has 4 nitrogen and oxygen atoms in total. The third-order valence-corrected chi connectivity index (χ3v) is 4.44. The van der Waals surface area contributed by atoms with Crippen molar-refractivity contribution >= 4 is 0 Å². The first kappa shape index (κ1) is 16.9. The zero-order valence-electron chi connectivity index (χ0n) is 13.2. The van der Waals surface area contributed by atoms with Gasteiger partial charge in [-0.05, 0) is 38.6 Å². The normalized spacial score (nSPS) is 20.7. The van der Waals surface area contributed by atoms with Gasteiger partial charge in [-0.15, -0.1) is 0 Å². The molecule has 0 radical (unpaired) electrons. The molecule has 0 spiro atoms. The van der Waals surface area contributed by atoms with Gasteiger partial charge in [0, 0.05) is 46.0 Å². The molecular formula is C15H32N2O2. The lowest BCUT2D eigenvalue weighted by Crippen LogP contribution is -2.49. The van der Waals surface area contributed by atoms with Gasteiger partial charge in [-0.2, -0.15) is 0 Å². The molecular weight excluding hydrogens is 240 g/mol. The van der Waals surface area contributed by atoms with Crippen molar-refractivity contribution in [2.75, 3.05) is 53.6 Å². The van der Waals surface area contributed by atoms with Gasteiger partial charge < -0.3 is 14.8 Å². The molecule has 1 unspecified atom stereocenters. The standard InChI is InChI=1S/C15H32N2O2/c1-5-14(2)17(8-11-18-4)13-15(12-16-3)6-9-19-10-7-15/h14,16H,5-13H2,1-4H3. The van der Waals surface area contributed by atoms with Gasteiger partial charge >= 0.3 is 0 Å². The van der Waals surface area contributed by atoms with Crippen LogP contribution in [0.4, 0.5) is 0 Å². The third-order valence-electron chi connectivity index (χ3n) is 4.44. The molecule has 114 valence electrons. The van der Waals surface area contributed by atoms with E-state index < -0.39 is 0 Å². The second kappa shape index (κ2) is 8.90. The predicted octanol–water partition coefficient (Wildman–Crippen LogP) is 1.75. The maximum absolute atomic E-state index is 5.55. The van der Waals surface area contributed by atoms with Crippen LogP contribution in [0, 0.1) is 5.41 Å². The average Bonchev–Trinajstić information content (AvgIpc) is 2.44. The Kier molecular flexibility index (Phi) is 7.91. The first-order valence-corrected chi connectivity index (χ1v) is 7.63. The number of hydrogen-bond acceptors (Lipinski definition) is 4. The summed E-state index contributed by atoms with van der Waals surface area (Å²) in [6.07, 6.45) is 3.51. The molecule has 1 heterocycles. The van der Waals surface area contributed by atoms with Crippen LogP contribution in [0.25, 0.3) is 0 Å². The Morgan fingerprint density at radius 2 is 2.05 bits per heavy atom. The Morgan fingerprint density at radius 1 is 1.37 bits per heavy atom. The number of ether oxygens (including phenoxy) is 2. The molecule has 0 aromatic carbocycles. The SMILES string of the molecule is CCC(C)N(CCOC)CC1(CNC)CCOCC1. The van der Waals surface area contributed by atoms with Crippen LogP contribution < -0.4 is 5.32 Å². The monoisotopic (exact) mass is 272 g/mol. The van der Waals surface area contributed by atoms with E-state index in [4.69, 9.17) is 9.47 Å². The zero-order valence-corrected chi connectivity index (χ0v) is 13.2. The predicted molar refractivity (Wildman–Crippen MR) is 79.6 cm³/mol. The van der Waals surface area contributed by atoms with E-state index in [1.165, 1.54) is 6.42 Å². The Hall–Kier alpha value is -0.160. The first-order chi connectivity index (χ1) is 9.17. The smallest absolute Gasteiger partial charge is 0.0589 e. The number of nitrogens with zero attached hydrogens (tertiary/aromatic N) is 1. The van der Waals surface area contributed by atoms with Gasteiger partial charge in [-0.25, -0.2) is 0 Å². The van der Waals surface area contributed by atoms with E-state index in [0.717, 1.165) is 52.3 Å². The Morgan fingerprint density at radius 3 is 2.58 bits per heavy atom. The highest BCUT2D eigenvalue weighted by atomic mass is 16.5. The van der Waals surface area contributed by atoms with Crippen molar-refractivity contribution in [2.24, 2.45) is 5.41 Å². The van der Waals surface area contributed by atoms with E-state index in [1.54, 1.807) is 7.11 Å². The van der Waals surface area contributed by atoms with Crippen molar-refractivity contribution in [3.05, 3.63) is 0 Å². The zero-order chi connectivity index (χ0) is 14.1. The second-order valence-electron chi connectivity index (χ2n) is 5.86.